The van der Waals surface area contributed by atoms with Crippen molar-refractivity contribution < 1.29 is 31.7 Å². The number of ether oxygens (including phenoxy) is 1. The summed E-state index contributed by atoms with van der Waals surface area (Å²) in [6.45, 7) is 15.7. The van der Waals surface area contributed by atoms with Gasteiger partial charge in [0.15, 0.2) is 8.32 Å². The zero-order valence-electron chi connectivity index (χ0n) is 22.9. The fraction of sp³-hybridized carbons (Fsp3) is 0.920. The van der Waals surface area contributed by atoms with Gasteiger partial charge >= 0.3 is 5.97 Å². The number of hydrogen-bond acceptors (Lipinski definition) is 8. The van der Waals surface area contributed by atoms with E-state index in [0.717, 1.165) is 24.8 Å². The molecule has 1 aliphatic carbocycles. The van der Waals surface area contributed by atoms with E-state index in [-0.39, 0.29) is 48.6 Å². The third-order valence-corrected chi connectivity index (χ3v) is 13.2. The number of nitrogens with zero attached hydrogens (tertiary/aromatic N) is 1. The average Bonchev–Trinajstić information content (AvgIpc) is 3.24. The van der Waals surface area contributed by atoms with Crippen molar-refractivity contribution in [1.82, 2.24) is 0 Å². The van der Waals surface area contributed by atoms with Crippen LogP contribution in [0.3, 0.4) is 0 Å². The third kappa shape index (κ3) is 7.15. The van der Waals surface area contributed by atoms with Crippen LogP contribution in [0.5, 0.6) is 0 Å². The molecule has 1 saturated carbocycles. The number of aliphatic hydroxyl groups is 1. The molecular formula is C25H47NO7SSi. The van der Waals surface area contributed by atoms with E-state index in [1.54, 1.807) is 6.92 Å². The molecule has 2 rings (SSSR count). The zero-order valence-corrected chi connectivity index (χ0v) is 24.7. The van der Waals surface area contributed by atoms with Gasteiger partial charge in [-0.25, -0.2) is 0 Å². The van der Waals surface area contributed by atoms with Crippen LogP contribution in [0.1, 0.15) is 73.1 Å². The standard InChI is InChI=1S/C25H47NO7SSi/c1-9-31-22(28)17-19-23(33-35(7,8)24(3,4)5)18(2)16-21(32-34(6,29)30)25(19,13-11-15-27)20-12-10-14-26-20/h18-19,21,23,27H,9-17H2,1-8H3. The van der Waals surface area contributed by atoms with Gasteiger partial charge in [0, 0.05) is 30.2 Å². The molecule has 5 atom stereocenters. The smallest absolute Gasteiger partial charge is 0.306 e. The predicted molar refractivity (Wildman–Crippen MR) is 141 cm³/mol. The van der Waals surface area contributed by atoms with Crippen molar-refractivity contribution in [3.8, 4) is 0 Å². The van der Waals surface area contributed by atoms with Crippen molar-refractivity contribution in [2.45, 2.75) is 103 Å². The van der Waals surface area contributed by atoms with Gasteiger partial charge in [-0.05, 0) is 63.1 Å². The summed E-state index contributed by atoms with van der Waals surface area (Å²) in [7, 11) is -6.02. The summed E-state index contributed by atoms with van der Waals surface area (Å²) in [5, 5.41) is 9.78. The molecule has 0 bridgehead atoms. The van der Waals surface area contributed by atoms with E-state index < -0.39 is 30.0 Å². The predicted octanol–water partition coefficient (Wildman–Crippen LogP) is 4.32. The molecule has 5 unspecified atom stereocenters. The van der Waals surface area contributed by atoms with Crippen LogP contribution in [0.4, 0.5) is 0 Å². The number of hydrogen-bond donors (Lipinski definition) is 1. The summed E-state index contributed by atoms with van der Waals surface area (Å²) in [4.78, 5) is 17.8. The molecule has 1 aliphatic heterocycles. The molecule has 204 valence electrons. The minimum atomic E-state index is -3.78. The lowest BCUT2D eigenvalue weighted by Crippen LogP contribution is -2.62. The summed E-state index contributed by atoms with van der Waals surface area (Å²) in [5.41, 5.74) is 0.0545. The fourth-order valence-corrected chi connectivity index (χ4v) is 7.64. The molecule has 0 aromatic carbocycles. The lowest BCUT2D eigenvalue weighted by atomic mass is 9.55. The quantitative estimate of drug-likeness (QED) is 0.239. The van der Waals surface area contributed by atoms with Crippen molar-refractivity contribution in [3.05, 3.63) is 0 Å². The number of carbonyl (C=O) groups excluding carboxylic acids is 1. The number of rotatable bonds is 11. The highest BCUT2D eigenvalue weighted by molar-refractivity contribution is 7.86. The maximum Gasteiger partial charge on any atom is 0.306 e. The summed E-state index contributed by atoms with van der Waals surface area (Å²) in [6.07, 6.45) is 3.16. The third-order valence-electron chi connectivity index (χ3n) is 8.16. The van der Waals surface area contributed by atoms with Gasteiger partial charge in [-0.15, -0.1) is 0 Å². The molecule has 1 fully saturated rings. The molecule has 10 heteroatoms. The van der Waals surface area contributed by atoms with Gasteiger partial charge in [0.2, 0.25) is 0 Å². The molecule has 0 amide bonds. The average molecular weight is 534 g/mol. The van der Waals surface area contributed by atoms with Crippen LogP contribution >= 0.6 is 0 Å². The normalized spacial score (nSPS) is 30.3. The number of carbonyl (C=O) groups is 1. The molecule has 35 heavy (non-hydrogen) atoms. The van der Waals surface area contributed by atoms with Gasteiger partial charge in [-0.1, -0.05) is 27.7 Å². The van der Waals surface area contributed by atoms with Gasteiger partial charge in [-0.3, -0.25) is 14.0 Å². The molecule has 1 N–H and O–H groups in total. The van der Waals surface area contributed by atoms with E-state index in [1.807, 2.05) is 0 Å². The van der Waals surface area contributed by atoms with Gasteiger partial charge in [0.05, 0.1) is 31.5 Å². The van der Waals surface area contributed by atoms with Crippen LogP contribution in [-0.2, 0) is 28.3 Å². The Morgan fingerprint density at radius 3 is 2.43 bits per heavy atom. The van der Waals surface area contributed by atoms with Crippen molar-refractivity contribution in [2.75, 3.05) is 26.0 Å². The second kappa shape index (κ2) is 11.7. The lowest BCUT2D eigenvalue weighted by molar-refractivity contribution is -0.151. The first-order valence-corrected chi connectivity index (χ1v) is 17.7. The molecule has 0 aromatic heterocycles. The molecule has 0 spiro atoms. The van der Waals surface area contributed by atoms with Gasteiger partial charge in [0.25, 0.3) is 10.1 Å². The highest BCUT2D eigenvalue weighted by Crippen LogP contribution is 2.55. The highest BCUT2D eigenvalue weighted by atomic mass is 32.2. The van der Waals surface area contributed by atoms with Gasteiger partial charge in [0.1, 0.15) is 0 Å². The largest absolute Gasteiger partial charge is 0.466 e. The van der Waals surface area contributed by atoms with Crippen LogP contribution in [0, 0.1) is 17.3 Å². The molecular weight excluding hydrogens is 486 g/mol. The van der Waals surface area contributed by atoms with E-state index >= 15 is 0 Å². The van der Waals surface area contributed by atoms with E-state index in [9.17, 15) is 18.3 Å². The number of esters is 1. The van der Waals surface area contributed by atoms with E-state index in [0.29, 0.717) is 25.8 Å². The number of aliphatic imine (C=N–C) groups is 1. The Labute approximate surface area is 213 Å². The second-order valence-electron chi connectivity index (χ2n) is 11.8. The summed E-state index contributed by atoms with van der Waals surface area (Å²) in [5.74, 6) is -0.755. The first kappa shape index (κ1) is 30.4. The van der Waals surface area contributed by atoms with Crippen LogP contribution in [0.15, 0.2) is 4.99 Å². The van der Waals surface area contributed by atoms with E-state index in [2.05, 4.69) is 40.8 Å². The Bertz CT molecular complexity index is 868. The summed E-state index contributed by atoms with van der Waals surface area (Å²) in [6, 6.07) is 0. The van der Waals surface area contributed by atoms with E-state index in [1.165, 1.54) is 0 Å². The minimum absolute atomic E-state index is 0.0417. The molecule has 8 nitrogen and oxygen atoms in total. The van der Waals surface area contributed by atoms with Crippen molar-refractivity contribution >= 4 is 30.1 Å². The van der Waals surface area contributed by atoms with E-state index in [4.69, 9.17) is 18.3 Å². The van der Waals surface area contributed by atoms with Gasteiger partial charge < -0.3 is 14.3 Å². The summed E-state index contributed by atoms with van der Waals surface area (Å²) >= 11 is 0. The SMILES string of the molecule is CCOC(=O)CC1C(O[Si](C)(C)C(C)(C)C)C(C)CC(OS(C)(=O)=O)C1(CCCO)C1=NCCC1. The maximum atomic E-state index is 13.0. The highest BCUT2D eigenvalue weighted by Gasteiger charge is 2.60. The first-order valence-electron chi connectivity index (χ1n) is 13.0. The maximum absolute atomic E-state index is 13.0. The monoisotopic (exact) mass is 533 g/mol. The minimum Gasteiger partial charge on any atom is -0.466 e. The van der Waals surface area contributed by atoms with Crippen molar-refractivity contribution in [3.63, 3.8) is 0 Å². The van der Waals surface area contributed by atoms with Crippen LogP contribution in [0.25, 0.3) is 0 Å². The van der Waals surface area contributed by atoms with Gasteiger partial charge in [-0.2, -0.15) is 8.42 Å². The molecule has 0 saturated heterocycles. The molecule has 0 radical (unpaired) electrons. The molecule has 1 heterocycles. The summed E-state index contributed by atoms with van der Waals surface area (Å²) < 4.78 is 43.1. The molecule has 0 aromatic rings. The lowest BCUT2D eigenvalue weighted by Gasteiger charge is -2.56. The Balaban J connectivity index is 2.73. The fourth-order valence-electron chi connectivity index (χ4n) is 5.54. The van der Waals surface area contributed by atoms with Crippen molar-refractivity contribution in [1.29, 1.82) is 0 Å². The Hall–Kier alpha value is -0.813. The zero-order chi connectivity index (χ0) is 26.7. The molecule has 2 aliphatic rings. The Morgan fingerprint density at radius 2 is 1.94 bits per heavy atom. The van der Waals surface area contributed by atoms with Crippen LogP contribution in [-0.4, -0.2) is 71.7 Å². The first-order chi connectivity index (χ1) is 16.1. The second-order valence-corrected chi connectivity index (χ2v) is 18.1. The van der Waals surface area contributed by atoms with Crippen molar-refractivity contribution in [2.24, 2.45) is 22.2 Å². The Kier molecular flexibility index (Phi) is 10.2. The Morgan fingerprint density at radius 1 is 1.29 bits per heavy atom. The topological polar surface area (TPSA) is 111 Å². The van der Waals surface area contributed by atoms with Crippen LogP contribution < -0.4 is 0 Å². The van der Waals surface area contributed by atoms with Crippen LogP contribution in [0.2, 0.25) is 18.1 Å². The number of aliphatic hydroxyl groups excluding tert-OH is 1.